The van der Waals surface area contributed by atoms with Crippen molar-refractivity contribution in [2.75, 3.05) is 39.4 Å². The summed E-state index contributed by atoms with van der Waals surface area (Å²) in [5.74, 6) is 0.146. The Kier molecular flexibility index (Phi) is 4.38. The number of aromatic amines is 1. The van der Waals surface area contributed by atoms with Gasteiger partial charge in [-0.05, 0) is 31.4 Å². The Morgan fingerprint density at radius 2 is 2.15 bits per heavy atom. The minimum absolute atomic E-state index is 0.146. The summed E-state index contributed by atoms with van der Waals surface area (Å²) in [5, 5.41) is 0. The predicted octanol–water partition coefficient (Wildman–Crippen LogP) is 1.34. The topological polar surface area (TPSA) is 48.6 Å². The van der Waals surface area contributed by atoms with Crippen molar-refractivity contribution in [1.82, 2.24) is 14.8 Å². The van der Waals surface area contributed by atoms with Crippen LogP contribution in [0.5, 0.6) is 0 Å². The number of amides is 1. The zero-order valence-electron chi connectivity index (χ0n) is 11.9. The van der Waals surface area contributed by atoms with Crippen molar-refractivity contribution in [1.29, 1.82) is 0 Å². The Balaban J connectivity index is 1.65. The first kappa shape index (κ1) is 13.6. The molecule has 1 atom stereocenters. The van der Waals surface area contributed by atoms with Gasteiger partial charge in [0.05, 0.1) is 13.2 Å². The average Bonchev–Trinajstić information content (AvgIpc) is 3.02. The number of piperidine rings is 1. The lowest BCUT2D eigenvalue weighted by molar-refractivity contribution is 0.0165. The molecule has 110 valence electrons. The number of carbonyl (C=O) groups is 1. The van der Waals surface area contributed by atoms with Crippen molar-refractivity contribution >= 4 is 5.91 Å². The number of nitrogens with one attached hydrogen (secondary N) is 1. The van der Waals surface area contributed by atoms with Gasteiger partial charge in [0.1, 0.15) is 5.69 Å². The van der Waals surface area contributed by atoms with Crippen molar-refractivity contribution < 1.29 is 9.53 Å². The van der Waals surface area contributed by atoms with Crippen LogP contribution >= 0.6 is 0 Å². The van der Waals surface area contributed by atoms with Gasteiger partial charge in [0.2, 0.25) is 0 Å². The summed E-state index contributed by atoms with van der Waals surface area (Å²) in [6, 6.07) is 4.09. The van der Waals surface area contributed by atoms with E-state index in [9.17, 15) is 4.79 Å². The molecule has 2 aliphatic heterocycles. The van der Waals surface area contributed by atoms with Crippen LogP contribution in [0.4, 0.5) is 0 Å². The van der Waals surface area contributed by atoms with E-state index in [1.165, 1.54) is 6.42 Å². The van der Waals surface area contributed by atoms with E-state index in [2.05, 4.69) is 14.8 Å². The summed E-state index contributed by atoms with van der Waals surface area (Å²) in [7, 11) is 0. The smallest absolute Gasteiger partial charge is 0.270 e. The maximum Gasteiger partial charge on any atom is 0.270 e. The zero-order valence-corrected chi connectivity index (χ0v) is 11.9. The van der Waals surface area contributed by atoms with E-state index in [1.54, 1.807) is 0 Å². The Hall–Kier alpha value is -1.33. The van der Waals surface area contributed by atoms with E-state index < -0.39 is 0 Å². The molecule has 2 fully saturated rings. The number of morpholine rings is 1. The number of likely N-dealkylation sites (tertiary alicyclic amines) is 1. The fraction of sp³-hybridized carbons (Fsp3) is 0.667. The number of ether oxygens (including phenoxy) is 1. The van der Waals surface area contributed by atoms with E-state index in [1.807, 2.05) is 18.3 Å². The molecule has 3 heterocycles. The van der Waals surface area contributed by atoms with Crippen LogP contribution in [0, 0.1) is 0 Å². The Morgan fingerprint density at radius 3 is 2.90 bits per heavy atom. The predicted molar refractivity (Wildman–Crippen MR) is 76.7 cm³/mol. The molecule has 0 spiro atoms. The number of hydrogen-bond donors (Lipinski definition) is 1. The number of H-pyrrole nitrogens is 1. The van der Waals surface area contributed by atoms with E-state index >= 15 is 0 Å². The number of carbonyl (C=O) groups excluding carboxylic acids is 1. The molecule has 5 nitrogen and oxygen atoms in total. The van der Waals surface area contributed by atoms with E-state index in [0.717, 1.165) is 52.2 Å². The third-order valence-corrected chi connectivity index (χ3v) is 4.29. The second-order valence-electron chi connectivity index (χ2n) is 5.64. The highest BCUT2D eigenvalue weighted by Gasteiger charge is 2.29. The molecule has 0 saturated carbocycles. The molecule has 1 amide bonds. The van der Waals surface area contributed by atoms with Gasteiger partial charge in [0, 0.05) is 38.4 Å². The van der Waals surface area contributed by atoms with Crippen molar-refractivity contribution in [2.45, 2.75) is 25.3 Å². The van der Waals surface area contributed by atoms with Gasteiger partial charge in [0.25, 0.3) is 5.91 Å². The lowest BCUT2D eigenvalue weighted by Gasteiger charge is -2.39. The van der Waals surface area contributed by atoms with Gasteiger partial charge in [-0.3, -0.25) is 9.69 Å². The molecular formula is C15H23N3O2. The Morgan fingerprint density at radius 1 is 1.30 bits per heavy atom. The van der Waals surface area contributed by atoms with E-state index in [0.29, 0.717) is 11.7 Å². The fourth-order valence-corrected chi connectivity index (χ4v) is 3.16. The molecule has 0 radical (unpaired) electrons. The third kappa shape index (κ3) is 3.04. The van der Waals surface area contributed by atoms with Crippen molar-refractivity contribution in [3.8, 4) is 0 Å². The van der Waals surface area contributed by atoms with Crippen LogP contribution in [-0.4, -0.2) is 66.1 Å². The van der Waals surface area contributed by atoms with Gasteiger partial charge >= 0.3 is 0 Å². The quantitative estimate of drug-likeness (QED) is 0.907. The second-order valence-corrected chi connectivity index (χ2v) is 5.64. The first-order valence-corrected chi connectivity index (χ1v) is 7.59. The molecule has 1 aromatic heterocycles. The third-order valence-electron chi connectivity index (χ3n) is 4.29. The molecule has 0 aromatic carbocycles. The maximum atomic E-state index is 12.6. The van der Waals surface area contributed by atoms with E-state index in [4.69, 9.17) is 4.74 Å². The minimum Gasteiger partial charge on any atom is -0.379 e. The van der Waals surface area contributed by atoms with Crippen LogP contribution in [0.1, 0.15) is 29.8 Å². The summed E-state index contributed by atoms with van der Waals surface area (Å²) < 4.78 is 5.39. The van der Waals surface area contributed by atoms with Crippen LogP contribution < -0.4 is 0 Å². The zero-order chi connectivity index (χ0) is 13.8. The summed E-state index contributed by atoms with van der Waals surface area (Å²) in [6.07, 6.45) is 5.27. The van der Waals surface area contributed by atoms with Gasteiger partial charge in [-0.1, -0.05) is 0 Å². The highest BCUT2D eigenvalue weighted by atomic mass is 16.5. The SMILES string of the molecule is O=C(c1ccc[nH]1)N1CCCC[C@H]1CN1CCOCC1. The second kappa shape index (κ2) is 6.41. The first-order chi connectivity index (χ1) is 9.84. The maximum absolute atomic E-state index is 12.6. The standard InChI is InChI=1S/C15H23N3O2/c19-15(14-5-3-6-16-14)18-7-2-1-4-13(18)12-17-8-10-20-11-9-17/h3,5-6,13,16H,1-2,4,7-12H2/t13-/m0/s1. The van der Waals surface area contributed by atoms with Crippen molar-refractivity contribution in [3.63, 3.8) is 0 Å². The minimum atomic E-state index is 0.146. The number of aromatic nitrogens is 1. The number of hydrogen-bond acceptors (Lipinski definition) is 3. The van der Waals surface area contributed by atoms with Gasteiger partial charge in [-0.15, -0.1) is 0 Å². The van der Waals surface area contributed by atoms with Crippen LogP contribution in [0.15, 0.2) is 18.3 Å². The molecule has 1 N–H and O–H groups in total. The van der Waals surface area contributed by atoms with Crippen LogP contribution in [0.25, 0.3) is 0 Å². The van der Waals surface area contributed by atoms with Crippen molar-refractivity contribution in [2.24, 2.45) is 0 Å². The van der Waals surface area contributed by atoms with Crippen LogP contribution in [0.2, 0.25) is 0 Å². The molecule has 3 rings (SSSR count). The summed E-state index contributed by atoms with van der Waals surface area (Å²) in [4.78, 5) is 20.1. The number of rotatable bonds is 3. The molecule has 20 heavy (non-hydrogen) atoms. The molecule has 2 aliphatic rings. The molecule has 2 saturated heterocycles. The summed E-state index contributed by atoms with van der Waals surface area (Å²) in [5.41, 5.74) is 0.707. The molecule has 0 bridgehead atoms. The number of nitrogens with zero attached hydrogens (tertiary/aromatic N) is 2. The van der Waals surface area contributed by atoms with Crippen LogP contribution in [0.3, 0.4) is 0 Å². The molecule has 1 aromatic rings. The Labute approximate surface area is 119 Å². The molecule has 5 heteroatoms. The summed E-state index contributed by atoms with van der Waals surface area (Å²) >= 11 is 0. The monoisotopic (exact) mass is 277 g/mol. The van der Waals surface area contributed by atoms with E-state index in [-0.39, 0.29) is 5.91 Å². The normalized spacial score (nSPS) is 24.8. The Bertz CT molecular complexity index is 426. The molecular weight excluding hydrogens is 254 g/mol. The van der Waals surface area contributed by atoms with Gasteiger partial charge in [-0.25, -0.2) is 0 Å². The lowest BCUT2D eigenvalue weighted by atomic mass is 10.0. The van der Waals surface area contributed by atoms with Gasteiger partial charge in [-0.2, -0.15) is 0 Å². The molecule has 0 aliphatic carbocycles. The van der Waals surface area contributed by atoms with Crippen LogP contribution in [-0.2, 0) is 4.74 Å². The van der Waals surface area contributed by atoms with Crippen molar-refractivity contribution in [3.05, 3.63) is 24.0 Å². The average molecular weight is 277 g/mol. The highest BCUT2D eigenvalue weighted by molar-refractivity contribution is 5.92. The highest BCUT2D eigenvalue weighted by Crippen LogP contribution is 2.20. The fourth-order valence-electron chi connectivity index (χ4n) is 3.16. The molecule has 0 unspecified atom stereocenters. The van der Waals surface area contributed by atoms with Gasteiger partial charge < -0.3 is 14.6 Å². The first-order valence-electron chi connectivity index (χ1n) is 7.59. The lowest BCUT2D eigenvalue weighted by Crippen LogP contribution is -2.51. The van der Waals surface area contributed by atoms with Gasteiger partial charge in [0.15, 0.2) is 0 Å². The summed E-state index contributed by atoms with van der Waals surface area (Å²) in [6.45, 7) is 5.47. The largest absolute Gasteiger partial charge is 0.379 e.